The van der Waals surface area contributed by atoms with Gasteiger partial charge in [0, 0.05) is 18.8 Å². The van der Waals surface area contributed by atoms with Crippen LogP contribution in [0.1, 0.15) is 214 Å². The van der Waals surface area contributed by atoms with E-state index in [1.165, 1.54) is 141 Å². The van der Waals surface area contributed by atoms with Crippen molar-refractivity contribution in [1.29, 1.82) is 0 Å². The van der Waals surface area contributed by atoms with Gasteiger partial charge < -0.3 is 9.47 Å². The summed E-state index contributed by atoms with van der Waals surface area (Å²) in [6.07, 6.45) is 42.8. The Kier molecular flexibility index (Phi) is 33.1. The highest BCUT2D eigenvalue weighted by Gasteiger charge is 2.27. The molecule has 0 spiro atoms. The summed E-state index contributed by atoms with van der Waals surface area (Å²) in [6.45, 7) is 11.5. The van der Waals surface area contributed by atoms with E-state index in [1.807, 2.05) is 0 Å². The van der Waals surface area contributed by atoms with E-state index >= 15 is 0 Å². The van der Waals surface area contributed by atoms with Gasteiger partial charge in [-0.05, 0) is 69.6 Å². The quantitative estimate of drug-likeness (QED) is 0.0391. The van der Waals surface area contributed by atoms with E-state index in [0.717, 1.165) is 25.7 Å². The third-order valence-corrected chi connectivity index (χ3v) is 9.40. The van der Waals surface area contributed by atoms with Crippen LogP contribution in [0, 0.1) is 11.3 Å². The molecule has 0 aromatic rings. The van der Waals surface area contributed by atoms with E-state index in [0.29, 0.717) is 26.1 Å². The molecule has 0 aromatic heterocycles. The van der Waals surface area contributed by atoms with Gasteiger partial charge in [-0.15, -0.1) is 0 Å². The molecule has 0 unspecified atom stereocenters. The molecule has 0 radical (unpaired) electrons. The number of unbranched alkanes of at least 4 members (excludes halogenated alkanes) is 22. The maximum atomic E-state index is 12.4. The molecule has 0 aliphatic heterocycles. The van der Waals surface area contributed by atoms with Crippen LogP contribution >= 0.6 is 0 Å². The van der Waals surface area contributed by atoms with Crippen LogP contribution < -0.4 is 0 Å². The summed E-state index contributed by atoms with van der Waals surface area (Å²) in [6, 6.07) is 0. The smallest absolute Gasteiger partial charge is 0.305 e. The van der Waals surface area contributed by atoms with Gasteiger partial charge in [0.1, 0.15) is 0 Å². The summed E-state index contributed by atoms with van der Waals surface area (Å²) in [4.78, 5) is 24.7. The number of rotatable bonds is 34. The lowest BCUT2D eigenvalue weighted by Gasteiger charge is -2.29. The molecule has 276 valence electrons. The van der Waals surface area contributed by atoms with Crippen LogP contribution in [0.3, 0.4) is 0 Å². The first-order valence-corrected chi connectivity index (χ1v) is 20.4. The first kappa shape index (κ1) is 45.4. The standard InChI is InChI=1S/C43H80O4/c1-6-8-10-12-14-16-18-20-22-24-26-28-30-32-34-36-41(44)46-38-40(43(3,4)5)39-47-42(45)37-35-33-31-29-27-25-23-21-19-17-15-13-11-9-7-2/h20-23,40H,6-19,24-39H2,1-5H3/b22-20-,23-21-. The minimum Gasteiger partial charge on any atom is -0.465 e. The lowest BCUT2D eigenvalue weighted by Crippen LogP contribution is -2.31. The highest BCUT2D eigenvalue weighted by atomic mass is 16.5. The normalized spacial score (nSPS) is 12.1. The predicted octanol–water partition coefficient (Wildman–Crippen LogP) is 13.8. The lowest BCUT2D eigenvalue weighted by atomic mass is 9.82. The van der Waals surface area contributed by atoms with E-state index in [1.54, 1.807) is 0 Å². The first-order chi connectivity index (χ1) is 22.8. The summed E-state index contributed by atoms with van der Waals surface area (Å²) in [7, 11) is 0. The Morgan fingerprint density at radius 1 is 0.447 bits per heavy atom. The van der Waals surface area contributed by atoms with Crippen molar-refractivity contribution < 1.29 is 19.1 Å². The molecule has 4 heteroatoms. The van der Waals surface area contributed by atoms with Crippen LogP contribution in [-0.2, 0) is 19.1 Å². The van der Waals surface area contributed by atoms with Crippen LogP contribution in [0.25, 0.3) is 0 Å². The molecular weight excluding hydrogens is 580 g/mol. The number of esters is 2. The van der Waals surface area contributed by atoms with Gasteiger partial charge in [-0.3, -0.25) is 9.59 Å². The zero-order valence-corrected chi connectivity index (χ0v) is 32.2. The molecule has 4 nitrogen and oxygen atoms in total. The van der Waals surface area contributed by atoms with Crippen LogP contribution in [0.15, 0.2) is 24.3 Å². The Morgan fingerprint density at radius 2 is 0.723 bits per heavy atom. The Labute approximate surface area is 293 Å². The van der Waals surface area contributed by atoms with Gasteiger partial charge >= 0.3 is 11.9 Å². The Hall–Kier alpha value is -1.58. The molecule has 0 amide bonds. The molecule has 0 atom stereocenters. The highest BCUT2D eigenvalue weighted by molar-refractivity contribution is 5.69. The highest BCUT2D eigenvalue weighted by Crippen LogP contribution is 2.27. The molecule has 0 aliphatic carbocycles. The molecule has 0 aromatic carbocycles. The van der Waals surface area contributed by atoms with E-state index < -0.39 is 0 Å². The lowest BCUT2D eigenvalue weighted by molar-refractivity contribution is -0.151. The van der Waals surface area contributed by atoms with Gasteiger partial charge in [0.2, 0.25) is 0 Å². The molecule has 0 saturated heterocycles. The summed E-state index contributed by atoms with van der Waals surface area (Å²) in [5.41, 5.74) is -0.104. The molecule has 0 saturated carbocycles. The monoisotopic (exact) mass is 661 g/mol. The number of hydrogen-bond acceptors (Lipinski definition) is 4. The minimum absolute atomic E-state index is 0.00127. The summed E-state index contributed by atoms with van der Waals surface area (Å²) >= 11 is 0. The number of carbonyl (C=O) groups is 2. The number of ether oxygens (including phenoxy) is 2. The molecule has 47 heavy (non-hydrogen) atoms. The molecule has 0 bridgehead atoms. The minimum atomic E-state index is -0.128. The van der Waals surface area contributed by atoms with Gasteiger partial charge in [0.05, 0.1) is 13.2 Å². The van der Waals surface area contributed by atoms with Gasteiger partial charge in [-0.25, -0.2) is 0 Å². The molecule has 0 aliphatic rings. The van der Waals surface area contributed by atoms with Crippen molar-refractivity contribution in [2.24, 2.45) is 11.3 Å². The van der Waals surface area contributed by atoms with Gasteiger partial charge in [0.15, 0.2) is 0 Å². The van der Waals surface area contributed by atoms with Gasteiger partial charge in [0.25, 0.3) is 0 Å². The first-order valence-electron chi connectivity index (χ1n) is 20.4. The maximum absolute atomic E-state index is 12.4. The second kappa shape index (κ2) is 34.3. The molecule has 0 rings (SSSR count). The zero-order valence-electron chi connectivity index (χ0n) is 32.2. The van der Waals surface area contributed by atoms with Gasteiger partial charge in [-0.1, -0.05) is 162 Å². The number of allylic oxidation sites excluding steroid dienone is 4. The average molecular weight is 661 g/mol. The van der Waals surface area contributed by atoms with Crippen molar-refractivity contribution in [3.63, 3.8) is 0 Å². The average Bonchev–Trinajstić information content (AvgIpc) is 3.04. The molecule has 0 heterocycles. The maximum Gasteiger partial charge on any atom is 0.305 e. The van der Waals surface area contributed by atoms with Gasteiger partial charge in [-0.2, -0.15) is 0 Å². The topological polar surface area (TPSA) is 52.6 Å². The zero-order chi connectivity index (χ0) is 34.7. The summed E-state index contributed by atoms with van der Waals surface area (Å²) < 4.78 is 11.3. The Balaban J connectivity index is 3.79. The fraction of sp³-hybridized carbons (Fsp3) is 0.860. The van der Waals surface area contributed by atoms with Crippen molar-refractivity contribution >= 4 is 11.9 Å². The van der Waals surface area contributed by atoms with E-state index in [-0.39, 0.29) is 23.3 Å². The fourth-order valence-corrected chi connectivity index (χ4v) is 5.76. The SMILES string of the molecule is CCCCCCCC/C=C\CCCCCCCC(=O)OCC(COC(=O)CCCCCCC/C=C\CCCCCCCC)C(C)(C)C. The van der Waals surface area contributed by atoms with Crippen LogP contribution in [0.4, 0.5) is 0 Å². The van der Waals surface area contributed by atoms with Crippen LogP contribution in [-0.4, -0.2) is 25.2 Å². The summed E-state index contributed by atoms with van der Waals surface area (Å²) in [5, 5.41) is 0. The fourth-order valence-electron chi connectivity index (χ4n) is 5.76. The Morgan fingerprint density at radius 3 is 1.02 bits per heavy atom. The van der Waals surface area contributed by atoms with Crippen molar-refractivity contribution in [1.82, 2.24) is 0 Å². The van der Waals surface area contributed by atoms with Crippen molar-refractivity contribution in [2.45, 2.75) is 214 Å². The van der Waals surface area contributed by atoms with Crippen molar-refractivity contribution in [3.05, 3.63) is 24.3 Å². The third kappa shape index (κ3) is 34.1. The van der Waals surface area contributed by atoms with Crippen LogP contribution in [0.2, 0.25) is 0 Å². The van der Waals surface area contributed by atoms with Crippen molar-refractivity contribution in [3.8, 4) is 0 Å². The van der Waals surface area contributed by atoms with E-state index in [2.05, 4.69) is 58.9 Å². The predicted molar refractivity (Wildman–Crippen MR) is 204 cm³/mol. The second-order valence-electron chi connectivity index (χ2n) is 15.1. The van der Waals surface area contributed by atoms with E-state index in [4.69, 9.17) is 9.47 Å². The molecule has 0 fully saturated rings. The number of carbonyl (C=O) groups excluding carboxylic acids is 2. The number of hydrogen-bond donors (Lipinski definition) is 0. The van der Waals surface area contributed by atoms with Crippen LogP contribution in [0.5, 0.6) is 0 Å². The molecule has 0 N–H and O–H groups in total. The summed E-state index contributed by atoms with van der Waals surface area (Å²) in [5.74, 6) is -0.258. The Bertz CT molecular complexity index is 691. The van der Waals surface area contributed by atoms with E-state index in [9.17, 15) is 9.59 Å². The van der Waals surface area contributed by atoms with Crippen molar-refractivity contribution in [2.75, 3.05) is 13.2 Å². The largest absolute Gasteiger partial charge is 0.465 e. The third-order valence-electron chi connectivity index (χ3n) is 9.40. The second-order valence-corrected chi connectivity index (χ2v) is 15.1. The molecular formula is C43H80O4.